The molecule has 1 fully saturated rings. The summed E-state index contributed by atoms with van der Waals surface area (Å²) in [6, 6.07) is 0. The number of hydrogen-bond donors (Lipinski definition) is 1. The largest absolute Gasteiger partial charge is 0.444 e. The minimum Gasteiger partial charge on any atom is -0.444 e. The molecule has 2 aromatic rings. The van der Waals surface area contributed by atoms with Gasteiger partial charge >= 0.3 is 0 Å². The Bertz CT molecular complexity index is 654. The molecule has 0 unspecified atom stereocenters. The highest BCUT2D eigenvalue weighted by Gasteiger charge is 2.21. The fraction of sp³-hybridized carbons (Fsp3) is 0.647. The highest BCUT2D eigenvalue weighted by Crippen LogP contribution is 2.34. The van der Waals surface area contributed by atoms with Gasteiger partial charge in [-0.15, -0.1) is 11.8 Å². The van der Waals surface area contributed by atoms with Gasteiger partial charge in [-0.2, -0.15) is 0 Å². The first-order valence-corrected chi connectivity index (χ1v) is 10.2. The molecular weight excluding hydrogens is 340 g/mol. The van der Waals surface area contributed by atoms with Crippen LogP contribution in [0.25, 0.3) is 0 Å². The second kappa shape index (κ2) is 7.45. The van der Waals surface area contributed by atoms with Crippen LogP contribution in [0.2, 0.25) is 0 Å². The summed E-state index contributed by atoms with van der Waals surface area (Å²) in [4.78, 5) is 11.4. The van der Waals surface area contributed by atoms with Crippen LogP contribution in [-0.2, 0) is 11.2 Å². The molecule has 0 amide bonds. The molecule has 2 aromatic heterocycles. The van der Waals surface area contributed by atoms with E-state index in [-0.39, 0.29) is 5.41 Å². The lowest BCUT2D eigenvalue weighted by Crippen LogP contribution is -2.35. The van der Waals surface area contributed by atoms with Crippen molar-refractivity contribution in [2.75, 3.05) is 24.5 Å². The summed E-state index contributed by atoms with van der Waals surface area (Å²) in [5.41, 5.74) is 5.77. The number of nitrogens with zero attached hydrogens (tertiary/aromatic N) is 3. The quantitative estimate of drug-likeness (QED) is 0.810. The van der Waals surface area contributed by atoms with E-state index in [1.807, 2.05) is 12.4 Å². The zero-order valence-corrected chi connectivity index (χ0v) is 16.3. The number of rotatable bonds is 5. The van der Waals surface area contributed by atoms with Crippen molar-refractivity contribution in [1.29, 1.82) is 0 Å². The third-order valence-corrected chi connectivity index (χ3v) is 6.56. The van der Waals surface area contributed by atoms with E-state index in [9.17, 15) is 0 Å². The van der Waals surface area contributed by atoms with Crippen LogP contribution in [-0.4, -0.2) is 29.6 Å². The highest BCUT2D eigenvalue weighted by atomic mass is 32.2. The smallest absolute Gasteiger partial charge is 0.204 e. The van der Waals surface area contributed by atoms with Crippen LogP contribution in [0.1, 0.15) is 45.3 Å². The average Bonchev–Trinajstić information content (AvgIpc) is 3.22. The molecule has 24 heavy (non-hydrogen) atoms. The maximum Gasteiger partial charge on any atom is 0.204 e. The Hall–Kier alpha value is -1.05. The number of nitrogens with two attached hydrogens (primary N) is 1. The fourth-order valence-corrected chi connectivity index (χ4v) is 4.55. The van der Waals surface area contributed by atoms with Gasteiger partial charge in [0.15, 0.2) is 5.13 Å². The lowest BCUT2D eigenvalue weighted by atomic mass is 9.94. The highest BCUT2D eigenvalue weighted by molar-refractivity contribution is 8.00. The van der Waals surface area contributed by atoms with E-state index < -0.39 is 0 Å². The number of thiazole rings is 1. The second-order valence-electron chi connectivity index (χ2n) is 7.28. The minimum atomic E-state index is 0.00320. The summed E-state index contributed by atoms with van der Waals surface area (Å²) in [6.45, 7) is 9.33. The molecule has 3 heterocycles. The molecule has 132 valence electrons. The summed E-state index contributed by atoms with van der Waals surface area (Å²) in [7, 11) is 0. The van der Waals surface area contributed by atoms with Crippen LogP contribution in [0.5, 0.6) is 0 Å². The molecule has 0 spiro atoms. The molecule has 7 heteroatoms. The van der Waals surface area contributed by atoms with Crippen LogP contribution >= 0.6 is 23.1 Å². The predicted octanol–water partition coefficient (Wildman–Crippen LogP) is 3.90. The number of hydrogen-bond acceptors (Lipinski definition) is 7. The third-order valence-electron chi connectivity index (χ3n) is 4.32. The van der Waals surface area contributed by atoms with Gasteiger partial charge < -0.3 is 15.1 Å². The van der Waals surface area contributed by atoms with Crippen molar-refractivity contribution in [3.05, 3.63) is 24.0 Å². The van der Waals surface area contributed by atoms with Crippen molar-refractivity contribution in [3.8, 4) is 0 Å². The third kappa shape index (κ3) is 4.32. The molecule has 0 saturated carbocycles. The van der Waals surface area contributed by atoms with Gasteiger partial charge in [0.2, 0.25) is 5.89 Å². The number of piperidine rings is 1. The number of thioether (sulfide) groups is 1. The number of oxazole rings is 1. The number of aromatic nitrogens is 2. The minimum absolute atomic E-state index is 0.00320. The molecule has 0 aromatic carbocycles. The first-order chi connectivity index (χ1) is 11.5. The van der Waals surface area contributed by atoms with Crippen molar-refractivity contribution in [1.82, 2.24) is 9.97 Å². The zero-order chi connectivity index (χ0) is 17.2. The van der Waals surface area contributed by atoms with Crippen LogP contribution in [0.3, 0.4) is 0 Å². The summed E-state index contributed by atoms with van der Waals surface area (Å²) in [6.07, 6.45) is 6.15. The Morgan fingerprint density at radius 1 is 1.29 bits per heavy atom. The molecule has 0 bridgehead atoms. The molecule has 5 nitrogen and oxygen atoms in total. The van der Waals surface area contributed by atoms with Crippen molar-refractivity contribution in [3.63, 3.8) is 0 Å². The Labute approximate surface area is 152 Å². The summed E-state index contributed by atoms with van der Waals surface area (Å²) >= 11 is 3.50. The van der Waals surface area contributed by atoms with Crippen LogP contribution in [0.15, 0.2) is 21.0 Å². The van der Waals surface area contributed by atoms with Gasteiger partial charge in [0.05, 0.1) is 22.4 Å². The van der Waals surface area contributed by atoms with Crippen LogP contribution < -0.4 is 10.6 Å². The molecule has 1 aliphatic rings. The van der Waals surface area contributed by atoms with E-state index in [1.54, 1.807) is 23.1 Å². The monoisotopic (exact) mass is 366 g/mol. The van der Waals surface area contributed by atoms with Gasteiger partial charge in [0.25, 0.3) is 0 Å². The second-order valence-corrected chi connectivity index (χ2v) is 9.57. The van der Waals surface area contributed by atoms with Crippen molar-refractivity contribution < 1.29 is 4.42 Å². The van der Waals surface area contributed by atoms with Gasteiger partial charge in [0, 0.05) is 18.5 Å². The summed E-state index contributed by atoms with van der Waals surface area (Å²) in [5, 5.41) is 1.12. The zero-order valence-electron chi connectivity index (χ0n) is 14.6. The normalized spacial score (nSPS) is 16.8. The predicted molar refractivity (Wildman–Crippen MR) is 101 cm³/mol. The maximum atomic E-state index is 5.85. The van der Waals surface area contributed by atoms with E-state index in [4.69, 9.17) is 10.2 Å². The first-order valence-electron chi connectivity index (χ1n) is 8.44. The summed E-state index contributed by atoms with van der Waals surface area (Å²) < 4.78 is 7.06. The molecule has 1 aliphatic heterocycles. The fourth-order valence-electron chi connectivity index (χ4n) is 2.68. The van der Waals surface area contributed by atoms with Gasteiger partial charge in [-0.3, -0.25) is 0 Å². The topological polar surface area (TPSA) is 68.2 Å². The van der Waals surface area contributed by atoms with E-state index in [0.717, 1.165) is 42.2 Å². The van der Waals surface area contributed by atoms with Crippen LogP contribution in [0.4, 0.5) is 5.13 Å². The lowest BCUT2D eigenvalue weighted by Gasteiger charge is -2.30. The van der Waals surface area contributed by atoms with E-state index >= 15 is 0 Å². The molecule has 0 aliphatic carbocycles. The lowest BCUT2D eigenvalue weighted by molar-refractivity contribution is 0.391. The molecule has 0 radical (unpaired) electrons. The Balaban J connectivity index is 1.54. The first kappa shape index (κ1) is 17.8. The van der Waals surface area contributed by atoms with E-state index in [1.165, 1.54) is 17.1 Å². The van der Waals surface area contributed by atoms with Crippen molar-refractivity contribution >= 4 is 28.2 Å². The molecule has 0 atom stereocenters. The van der Waals surface area contributed by atoms with Crippen LogP contribution in [0, 0.1) is 5.92 Å². The number of anilines is 1. The van der Waals surface area contributed by atoms with E-state index in [0.29, 0.717) is 5.92 Å². The molecule has 3 rings (SSSR count). The van der Waals surface area contributed by atoms with Crippen molar-refractivity contribution in [2.24, 2.45) is 11.7 Å². The summed E-state index contributed by atoms with van der Waals surface area (Å²) in [5.74, 6) is 3.14. The van der Waals surface area contributed by atoms with Gasteiger partial charge in [-0.05, 0) is 25.3 Å². The van der Waals surface area contributed by atoms with E-state index in [2.05, 4.69) is 35.6 Å². The Morgan fingerprint density at radius 2 is 2.04 bits per heavy atom. The van der Waals surface area contributed by atoms with Gasteiger partial charge in [-0.1, -0.05) is 32.1 Å². The maximum absolute atomic E-state index is 5.85. The molecule has 2 N–H and O–H groups in total. The SMILES string of the molecule is CC(C)(C)c1cnc(CSc2cnc(N3CCC(CN)CC3)s2)o1. The molecular formula is C17H26N4OS2. The van der Waals surface area contributed by atoms with Crippen molar-refractivity contribution in [2.45, 2.75) is 49.0 Å². The molecule has 1 saturated heterocycles. The average molecular weight is 367 g/mol. The van der Waals surface area contributed by atoms with Gasteiger partial charge in [-0.25, -0.2) is 9.97 Å². The standard InChI is InChI=1S/C17H26N4OS2/c1-17(2,3)13-9-19-14(22-13)11-23-15-10-20-16(24-15)21-6-4-12(8-18)5-7-21/h9-10,12H,4-8,11,18H2,1-3H3. The van der Waals surface area contributed by atoms with Gasteiger partial charge in [0.1, 0.15) is 5.76 Å². The Kier molecular flexibility index (Phi) is 5.52. The Morgan fingerprint density at radius 3 is 2.67 bits per heavy atom.